The van der Waals surface area contributed by atoms with E-state index in [1.165, 1.54) is 6.07 Å². The fraction of sp³-hybridized carbons (Fsp3) is 0.278. The van der Waals surface area contributed by atoms with Gasteiger partial charge in [0.1, 0.15) is 0 Å². The van der Waals surface area contributed by atoms with E-state index in [1.807, 2.05) is 30.3 Å². The van der Waals surface area contributed by atoms with Gasteiger partial charge in [0.25, 0.3) is 5.91 Å². The molecule has 2 atom stereocenters. The number of halogens is 2. The molecule has 2 aromatic carbocycles. The van der Waals surface area contributed by atoms with Crippen molar-refractivity contribution in [3.05, 3.63) is 71.3 Å². The molecule has 0 aromatic heterocycles. The molecule has 1 amide bonds. The fourth-order valence-electron chi connectivity index (χ4n) is 2.43. The molecule has 0 radical (unpaired) electrons. The van der Waals surface area contributed by atoms with Crippen molar-refractivity contribution in [2.45, 2.75) is 18.6 Å². The second-order valence-corrected chi connectivity index (χ2v) is 5.53. The maximum atomic E-state index is 13.2. The number of nitrogens with one attached hydrogen (secondary N) is 2. The van der Waals surface area contributed by atoms with Crippen LogP contribution in [-0.2, 0) is 11.2 Å². The lowest BCUT2D eigenvalue weighted by Crippen LogP contribution is -2.44. The van der Waals surface area contributed by atoms with Gasteiger partial charge in [0.2, 0.25) is 0 Å². The second kappa shape index (κ2) is 8.52. The molecular formula is C18H20F2N2O2. The van der Waals surface area contributed by atoms with Crippen LogP contribution in [0.4, 0.5) is 8.78 Å². The first-order chi connectivity index (χ1) is 11.5. The van der Waals surface area contributed by atoms with Crippen LogP contribution in [0.2, 0.25) is 0 Å². The SMILES string of the molecule is CNCC(Cc1ccccc1)NC(=O)C(O)c1ccc(F)c(F)c1. The van der Waals surface area contributed by atoms with Crippen LogP contribution < -0.4 is 10.6 Å². The van der Waals surface area contributed by atoms with Gasteiger partial charge in [0.05, 0.1) is 0 Å². The molecule has 0 aliphatic heterocycles. The Morgan fingerprint density at radius 2 is 1.83 bits per heavy atom. The summed E-state index contributed by atoms with van der Waals surface area (Å²) < 4.78 is 26.2. The number of rotatable bonds is 7. The lowest BCUT2D eigenvalue weighted by molar-refractivity contribution is -0.130. The maximum absolute atomic E-state index is 13.2. The fourth-order valence-corrected chi connectivity index (χ4v) is 2.43. The minimum Gasteiger partial charge on any atom is -0.378 e. The van der Waals surface area contributed by atoms with Crippen LogP contribution in [0.3, 0.4) is 0 Å². The summed E-state index contributed by atoms with van der Waals surface area (Å²) in [5, 5.41) is 15.8. The Kier molecular flexibility index (Phi) is 6.40. The lowest BCUT2D eigenvalue weighted by Gasteiger charge is -2.21. The average Bonchev–Trinajstić information content (AvgIpc) is 2.57. The Labute approximate surface area is 139 Å². The van der Waals surface area contributed by atoms with Gasteiger partial charge in [-0.25, -0.2) is 8.78 Å². The molecule has 0 saturated heterocycles. The lowest BCUT2D eigenvalue weighted by atomic mass is 10.0. The molecule has 2 rings (SSSR count). The minimum atomic E-state index is -1.56. The molecule has 0 saturated carbocycles. The molecule has 3 N–H and O–H groups in total. The van der Waals surface area contributed by atoms with Gasteiger partial charge in [0, 0.05) is 12.6 Å². The molecule has 6 heteroatoms. The molecule has 0 spiro atoms. The molecule has 2 aromatic rings. The van der Waals surface area contributed by atoms with Crippen molar-refractivity contribution < 1.29 is 18.7 Å². The summed E-state index contributed by atoms with van der Waals surface area (Å²) in [7, 11) is 1.76. The summed E-state index contributed by atoms with van der Waals surface area (Å²) in [5.41, 5.74) is 1.05. The normalized spacial score (nSPS) is 13.3. The van der Waals surface area contributed by atoms with Gasteiger partial charge in [-0.3, -0.25) is 4.79 Å². The standard InChI is InChI=1S/C18H20F2N2O2/c1-21-11-14(9-12-5-3-2-4-6-12)22-18(24)17(23)13-7-8-15(19)16(20)10-13/h2-8,10,14,17,21,23H,9,11H2,1H3,(H,22,24). The van der Waals surface area contributed by atoms with Crippen LogP contribution in [0.15, 0.2) is 48.5 Å². The third kappa shape index (κ3) is 4.84. The summed E-state index contributed by atoms with van der Waals surface area (Å²) in [6.07, 6.45) is -0.979. The minimum absolute atomic E-state index is 0.00863. The highest BCUT2D eigenvalue weighted by atomic mass is 19.2. The van der Waals surface area contributed by atoms with E-state index < -0.39 is 23.6 Å². The molecule has 0 aliphatic carbocycles. The number of benzene rings is 2. The van der Waals surface area contributed by atoms with E-state index in [0.717, 1.165) is 17.7 Å². The summed E-state index contributed by atoms with van der Waals surface area (Å²) >= 11 is 0. The monoisotopic (exact) mass is 334 g/mol. The Hall–Kier alpha value is -2.31. The highest BCUT2D eigenvalue weighted by Gasteiger charge is 2.22. The van der Waals surface area contributed by atoms with Crippen LogP contribution in [0, 0.1) is 11.6 Å². The highest BCUT2D eigenvalue weighted by molar-refractivity contribution is 5.82. The molecule has 2 unspecified atom stereocenters. The first-order valence-electron chi connectivity index (χ1n) is 7.63. The number of aliphatic hydroxyl groups excluding tert-OH is 1. The number of hydrogen-bond acceptors (Lipinski definition) is 3. The highest BCUT2D eigenvalue weighted by Crippen LogP contribution is 2.17. The van der Waals surface area contributed by atoms with Crippen molar-refractivity contribution in [1.29, 1.82) is 0 Å². The van der Waals surface area contributed by atoms with Crippen LogP contribution in [0.5, 0.6) is 0 Å². The van der Waals surface area contributed by atoms with Crippen LogP contribution in [0.25, 0.3) is 0 Å². The Bertz CT molecular complexity index is 680. The van der Waals surface area contributed by atoms with E-state index in [1.54, 1.807) is 7.05 Å². The maximum Gasteiger partial charge on any atom is 0.253 e. The van der Waals surface area contributed by atoms with Crippen molar-refractivity contribution in [3.63, 3.8) is 0 Å². The number of carbonyl (C=O) groups excluding carboxylic acids is 1. The number of hydrogen-bond donors (Lipinski definition) is 3. The van der Waals surface area contributed by atoms with Crippen LogP contribution in [0.1, 0.15) is 17.2 Å². The number of likely N-dealkylation sites (N-methyl/N-ethyl adjacent to an activating group) is 1. The molecule has 0 aliphatic rings. The van der Waals surface area contributed by atoms with E-state index in [0.29, 0.717) is 13.0 Å². The smallest absolute Gasteiger partial charge is 0.253 e. The molecular weight excluding hydrogens is 314 g/mol. The molecule has 24 heavy (non-hydrogen) atoms. The Balaban J connectivity index is 2.04. The second-order valence-electron chi connectivity index (χ2n) is 5.53. The van der Waals surface area contributed by atoms with E-state index in [-0.39, 0.29) is 11.6 Å². The molecule has 0 heterocycles. The zero-order valence-electron chi connectivity index (χ0n) is 13.3. The Morgan fingerprint density at radius 1 is 1.12 bits per heavy atom. The third-order valence-electron chi connectivity index (χ3n) is 3.63. The number of aliphatic hydroxyl groups is 1. The first kappa shape index (κ1) is 18.0. The van der Waals surface area contributed by atoms with E-state index in [9.17, 15) is 18.7 Å². The van der Waals surface area contributed by atoms with Gasteiger partial charge in [-0.2, -0.15) is 0 Å². The predicted molar refractivity (Wildman–Crippen MR) is 87.3 cm³/mol. The van der Waals surface area contributed by atoms with Gasteiger partial charge in [-0.1, -0.05) is 36.4 Å². The molecule has 128 valence electrons. The largest absolute Gasteiger partial charge is 0.378 e. The predicted octanol–water partition coefficient (Wildman–Crippen LogP) is 1.95. The summed E-state index contributed by atoms with van der Waals surface area (Å²) in [5.74, 6) is -2.78. The summed E-state index contributed by atoms with van der Waals surface area (Å²) in [4.78, 5) is 12.2. The average molecular weight is 334 g/mol. The van der Waals surface area contributed by atoms with Crippen molar-refractivity contribution in [1.82, 2.24) is 10.6 Å². The topological polar surface area (TPSA) is 61.4 Å². The van der Waals surface area contributed by atoms with Crippen molar-refractivity contribution in [3.8, 4) is 0 Å². The summed E-state index contributed by atoms with van der Waals surface area (Å²) in [6.45, 7) is 0.505. The van der Waals surface area contributed by atoms with E-state index in [2.05, 4.69) is 10.6 Å². The Morgan fingerprint density at radius 3 is 2.46 bits per heavy atom. The van der Waals surface area contributed by atoms with Gasteiger partial charge in [0.15, 0.2) is 17.7 Å². The summed E-state index contributed by atoms with van der Waals surface area (Å²) in [6, 6.07) is 12.3. The number of amides is 1. The van der Waals surface area contributed by atoms with Crippen molar-refractivity contribution >= 4 is 5.91 Å². The van der Waals surface area contributed by atoms with Crippen molar-refractivity contribution in [2.24, 2.45) is 0 Å². The zero-order chi connectivity index (χ0) is 17.5. The zero-order valence-corrected chi connectivity index (χ0v) is 13.3. The van der Waals surface area contributed by atoms with Gasteiger partial charge in [-0.05, 0) is 36.7 Å². The molecule has 0 fully saturated rings. The third-order valence-corrected chi connectivity index (χ3v) is 3.63. The van der Waals surface area contributed by atoms with Crippen LogP contribution in [-0.4, -0.2) is 30.6 Å². The van der Waals surface area contributed by atoms with Gasteiger partial charge >= 0.3 is 0 Å². The molecule has 4 nitrogen and oxygen atoms in total. The van der Waals surface area contributed by atoms with E-state index >= 15 is 0 Å². The van der Waals surface area contributed by atoms with Gasteiger partial charge in [-0.15, -0.1) is 0 Å². The van der Waals surface area contributed by atoms with Crippen LogP contribution >= 0.6 is 0 Å². The number of carbonyl (C=O) groups is 1. The quantitative estimate of drug-likeness (QED) is 0.725. The first-order valence-corrected chi connectivity index (χ1v) is 7.63. The van der Waals surface area contributed by atoms with Crippen molar-refractivity contribution in [2.75, 3.05) is 13.6 Å². The van der Waals surface area contributed by atoms with E-state index in [4.69, 9.17) is 0 Å². The molecule has 0 bridgehead atoms. The van der Waals surface area contributed by atoms with Gasteiger partial charge < -0.3 is 15.7 Å².